The van der Waals surface area contributed by atoms with Gasteiger partial charge in [-0.1, -0.05) is 29.8 Å². The lowest BCUT2D eigenvalue weighted by molar-refractivity contribution is 0.192. The Bertz CT molecular complexity index is 359. The molecule has 1 aromatic carbocycles. The fraction of sp³-hybridized carbons (Fsp3) is 0.333. The predicted molar refractivity (Wildman–Crippen MR) is 62.3 cm³/mol. The quantitative estimate of drug-likeness (QED) is 0.855. The summed E-state index contributed by atoms with van der Waals surface area (Å²) < 4.78 is 5.42. The highest BCUT2D eigenvalue weighted by Gasteiger charge is 2.09. The minimum atomic E-state index is -0.552. The largest absolute Gasteiger partial charge is 0.488 e. The summed E-state index contributed by atoms with van der Waals surface area (Å²) in [6, 6.07) is 5.66. The van der Waals surface area contributed by atoms with Crippen LogP contribution in [-0.2, 0) is 0 Å². The third kappa shape index (κ3) is 3.57. The summed E-state index contributed by atoms with van der Waals surface area (Å²) in [6.45, 7) is 7.47. The fourth-order valence-corrected chi connectivity index (χ4v) is 1.34. The molecule has 2 nitrogen and oxygen atoms in total. The van der Waals surface area contributed by atoms with E-state index in [9.17, 15) is 5.11 Å². The van der Waals surface area contributed by atoms with Crippen LogP contribution >= 0.6 is 11.6 Å². The second-order valence-electron chi connectivity index (χ2n) is 3.52. The first kappa shape index (κ1) is 12.1. The average Bonchev–Trinajstić information content (AvgIpc) is 2.15. The van der Waals surface area contributed by atoms with Crippen molar-refractivity contribution in [3.05, 3.63) is 40.9 Å². The van der Waals surface area contributed by atoms with Crippen molar-refractivity contribution in [2.75, 3.05) is 6.61 Å². The Balaban J connectivity index is 2.90. The van der Waals surface area contributed by atoms with E-state index in [1.807, 2.05) is 25.1 Å². The van der Waals surface area contributed by atoms with Gasteiger partial charge in [0.25, 0.3) is 0 Å². The molecular weight excluding hydrogens is 212 g/mol. The van der Waals surface area contributed by atoms with Crippen LogP contribution < -0.4 is 4.74 Å². The molecule has 1 N–H and O–H groups in total. The van der Waals surface area contributed by atoms with Crippen LogP contribution in [0.25, 0.3) is 0 Å². The lowest BCUT2D eigenvalue weighted by atomic mass is 10.1. The molecule has 1 atom stereocenters. The Morgan fingerprint density at radius 3 is 2.80 bits per heavy atom. The van der Waals surface area contributed by atoms with Crippen LogP contribution in [0.2, 0.25) is 0 Å². The summed E-state index contributed by atoms with van der Waals surface area (Å²) in [5.41, 5.74) is 1.86. The molecule has 0 aliphatic heterocycles. The highest BCUT2D eigenvalue weighted by molar-refractivity contribution is 6.29. The third-order valence-electron chi connectivity index (χ3n) is 2.00. The average molecular weight is 227 g/mol. The molecule has 0 unspecified atom stereocenters. The molecule has 0 radical (unpaired) electrons. The molecule has 0 bridgehead atoms. The first-order valence-electron chi connectivity index (χ1n) is 4.75. The molecule has 0 saturated heterocycles. The van der Waals surface area contributed by atoms with Crippen molar-refractivity contribution in [1.82, 2.24) is 0 Å². The van der Waals surface area contributed by atoms with Gasteiger partial charge in [0.2, 0.25) is 0 Å². The zero-order valence-electron chi connectivity index (χ0n) is 8.96. The Hall–Kier alpha value is -0.990. The number of hydrogen-bond acceptors (Lipinski definition) is 2. The zero-order valence-corrected chi connectivity index (χ0v) is 9.71. The molecule has 1 aromatic rings. The molecule has 0 amide bonds. The fourth-order valence-electron chi connectivity index (χ4n) is 1.28. The Morgan fingerprint density at radius 2 is 2.27 bits per heavy atom. The number of aryl methyl sites for hydroxylation is 1. The molecule has 0 saturated carbocycles. The number of aliphatic hydroxyl groups excluding tert-OH is 1. The van der Waals surface area contributed by atoms with Gasteiger partial charge in [-0.25, -0.2) is 0 Å². The van der Waals surface area contributed by atoms with Crippen molar-refractivity contribution in [1.29, 1.82) is 0 Å². The van der Waals surface area contributed by atoms with E-state index < -0.39 is 6.10 Å². The van der Waals surface area contributed by atoms with Crippen LogP contribution in [0, 0.1) is 6.92 Å². The Kier molecular flexibility index (Phi) is 4.18. The normalized spacial score (nSPS) is 12.3. The molecule has 0 fully saturated rings. The first-order valence-corrected chi connectivity index (χ1v) is 5.13. The van der Waals surface area contributed by atoms with Gasteiger partial charge in [0.05, 0.1) is 6.10 Å². The van der Waals surface area contributed by atoms with E-state index in [-0.39, 0.29) is 6.61 Å². The topological polar surface area (TPSA) is 29.5 Å². The van der Waals surface area contributed by atoms with E-state index in [1.165, 1.54) is 0 Å². The monoisotopic (exact) mass is 226 g/mol. The number of ether oxygens (including phenoxy) is 1. The third-order valence-corrected chi connectivity index (χ3v) is 2.11. The van der Waals surface area contributed by atoms with Crippen LogP contribution in [-0.4, -0.2) is 11.7 Å². The molecule has 0 spiro atoms. The van der Waals surface area contributed by atoms with Gasteiger partial charge in [-0.2, -0.15) is 0 Å². The lowest BCUT2D eigenvalue weighted by Crippen LogP contribution is -2.02. The minimum Gasteiger partial charge on any atom is -0.488 e. The van der Waals surface area contributed by atoms with Gasteiger partial charge in [0.15, 0.2) is 0 Å². The predicted octanol–water partition coefficient (Wildman–Crippen LogP) is 3.18. The maximum absolute atomic E-state index is 9.56. The summed E-state index contributed by atoms with van der Waals surface area (Å²) in [5.74, 6) is 0.650. The molecular formula is C12H15ClO2. The van der Waals surface area contributed by atoms with Gasteiger partial charge in [-0.3, -0.25) is 0 Å². The summed E-state index contributed by atoms with van der Waals surface area (Å²) in [6.07, 6.45) is -0.552. The van der Waals surface area contributed by atoms with Crippen LogP contribution in [0.5, 0.6) is 5.75 Å². The summed E-state index contributed by atoms with van der Waals surface area (Å²) >= 11 is 5.61. The summed E-state index contributed by atoms with van der Waals surface area (Å²) in [7, 11) is 0. The van der Waals surface area contributed by atoms with E-state index in [2.05, 4.69) is 6.58 Å². The van der Waals surface area contributed by atoms with Crippen molar-refractivity contribution < 1.29 is 9.84 Å². The van der Waals surface area contributed by atoms with Crippen molar-refractivity contribution in [3.8, 4) is 5.75 Å². The molecule has 1 rings (SSSR count). The summed E-state index contributed by atoms with van der Waals surface area (Å²) in [4.78, 5) is 0. The molecule has 15 heavy (non-hydrogen) atoms. The molecule has 0 aliphatic carbocycles. The number of rotatable bonds is 4. The Labute approximate surface area is 95.1 Å². The van der Waals surface area contributed by atoms with Crippen molar-refractivity contribution in [3.63, 3.8) is 0 Å². The van der Waals surface area contributed by atoms with E-state index in [1.54, 1.807) is 6.92 Å². The van der Waals surface area contributed by atoms with Gasteiger partial charge in [0.1, 0.15) is 12.4 Å². The van der Waals surface area contributed by atoms with Gasteiger partial charge in [-0.05, 0) is 26.0 Å². The van der Waals surface area contributed by atoms with Crippen LogP contribution in [0.4, 0.5) is 0 Å². The van der Waals surface area contributed by atoms with Crippen LogP contribution in [0.3, 0.4) is 0 Å². The van der Waals surface area contributed by atoms with E-state index in [0.717, 1.165) is 11.1 Å². The molecule has 0 heterocycles. The van der Waals surface area contributed by atoms with Gasteiger partial charge >= 0.3 is 0 Å². The summed E-state index contributed by atoms with van der Waals surface area (Å²) in [5, 5.41) is 10.00. The van der Waals surface area contributed by atoms with Gasteiger partial charge < -0.3 is 9.84 Å². The lowest BCUT2D eigenvalue weighted by Gasteiger charge is -2.13. The number of hydrogen-bond donors (Lipinski definition) is 1. The van der Waals surface area contributed by atoms with Crippen molar-refractivity contribution in [2.24, 2.45) is 0 Å². The van der Waals surface area contributed by atoms with Crippen LogP contribution in [0.1, 0.15) is 24.2 Å². The number of aliphatic hydroxyl groups is 1. The highest BCUT2D eigenvalue weighted by atomic mass is 35.5. The van der Waals surface area contributed by atoms with Gasteiger partial charge in [-0.15, -0.1) is 0 Å². The van der Waals surface area contributed by atoms with Crippen molar-refractivity contribution >= 4 is 11.6 Å². The SMILES string of the molecule is C=C(Cl)COc1ccc(C)cc1[C@H](C)O. The van der Waals surface area contributed by atoms with E-state index in [0.29, 0.717) is 10.8 Å². The van der Waals surface area contributed by atoms with Crippen molar-refractivity contribution in [2.45, 2.75) is 20.0 Å². The first-order chi connectivity index (χ1) is 7.00. The molecule has 0 aliphatic rings. The zero-order chi connectivity index (χ0) is 11.4. The van der Waals surface area contributed by atoms with Crippen LogP contribution in [0.15, 0.2) is 29.8 Å². The second kappa shape index (κ2) is 5.19. The molecule has 0 aromatic heterocycles. The molecule has 3 heteroatoms. The molecule has 82 valence electrons. The van der Waals surface area contributed by atoms with E-state index >= 15 is 0 Å². The minimum absolute atomic E-state index is 0.254. The Morgan fingerprint density at radius 1 is 1.60 bits per heavy atom. The smallest absolute Gasteiger partial charge is 0.125 e. The van der Waals surface area contributed by atoms with E-state index in [4.69, 9.17) is 16.3 Å². The standard InChI is InChI=1S/C12H15ClO2/c1-8-4-5-12(15-7-9(2)13)11(6-8)10(3)14/h4-6,10,14H,2,7H2,1,3H3/t10-/m0/s1. The maximum Gasteiger partial charge on any atom is 0.125 e. The maximum atomic E-state index is 9.56. The number of benzene rings is 1. The highest BCUT2D eigenvalue weighted by Crippen LogP contribution is 2.26. The van der Waals surface area contributed by atoms with Gasteiger partial charge in [0, 0.05) is 10.6 Å². The number of halogens is 1. The second-order valence-corrected chi connectivity index (χ2v) is 4.06.